The summed E-state index contributed by atoms with van der Waals surface area (Å²) in [4.78, 5) is 3.24. The largest absolute Gasteiger partial charge is 0.493 e. The second-order valence-corrected chi connectivity index (χ2v) is 5.86. The molecule has 0 aliphatic heterocycles. The van der Waals surface area contributed by atoms with Gasteiger partial charge in [-0.25, -0.2) is 5.10 Å². The lowest BCUT2D eigenvalue weighted by atomic mass is 10.1. The van der Waals surface area contributed by atoms with Crippen LogP contribution in [0, 0.1) is 11.3 Å². The molecule has 158 valence electrons. The number of H-pyrrole nitrogens is 1. The third-order valence-corrected chi connectivity index (χ3v) is 3.56. The average molecular weight is 429 g/mol. The first-order chi connectivity index (χ1) is 13.9. The van der Waals surface area contributed by atoms with Gasteiger partial charge in [0.25, 0.3) is 0 Å². The molecule has 0 aromatic carbocycles. The number of allylic oxidation sites excluding steroid dienone is 5. The molecule has 0 radical (unpaired) electrons. The Kier molecular flexibility index (Phi) is 6.66. The number of nitrogens with zero attached hydrogens (tertiary/aromatic N) is 4. The number of ether oxygens (including phenoxy) is 1. The number of nitriles is 1. The zero-order valence-electron chi connectivity index (χ0n) is 15.3. The number of pyridine rings is 1. The quantitative estimate of drug-likeness (QED) is 0.408. The molecule has 0 aliphatic rings. The zero-order chi connectivity index (χ0) is 22.5. The van der Waals surface area contributed by atoms with Crippen molar-refractivity contribution in [2.45, 2.75) is 25.9 Å². The van der Waals surface area contributed by atoms with E-state index in [1.165, 1.54) is 6.92 Å². The van der Waals surface area contributed by atoms with E-state index in [1.54, 1.807) is 6.07 Å². The fourth-order valence-electron chi connectivity index (χ4n) is 2.13. The van der Waals surface area contributed by atoms with E-state index < -0.39 is 23.6 Å². The molecule has 0 saturated carbocycles. The van der Waals surface area contributed by atoms with E-state index in [0.717, 1.165) is 18.3 Å². The summed E-state index contributed by atoms with van der Waals surface area (Å²) in [5.74, 6) is -0.160. The van der Waals surface area contributed by atoms with Gasteiger partial charge in [0.1, 0.15) is 24.1 Å². The number of hydrogen-bond acceptors (Lipinski definition) is 5. The van der Waals surface area contributed by atoms with Crippen LogP contribution in [0.1, 0.15) is 29.6 Å². The van der Waals surface area contributed by atoms with E-state index in [9.17, 15) is 26.3 Å². The van der Waals surface area contributed by atoms with Gasteiger partial charge in [-0.3, -0.25) is 4.98 Å². The third-order valence-electron chi connectivity index (χ3n) is 3.56. The summed E-state index contributed by atoms with van der Waals surface area (Å²) in [7, 11) is 0. The highest BCUT2D eigenvalue weighted by atomic mass is 19.4. The zero-order valence-corrected chi connectivity index (χ0v) is 15.3. The molecule has 12 heteroatoms. The molecule has 30 heavy (non-hydrogen) atoms. The molecule has 0 spiro atoms. The first-order valence-electron chi connectivity index (χ1n) is 8.04. The van der Waals surface area contributed by atoms with Crippen molar-refractivity contribution in [3.63, 3.8) is 0 Å². The predicted molar refractivity (Wildman–Crippen MR) is 92.1 cm³/mol. The number of rotatable bonds is 6. The van der Waals surface area contributed by atoms with Gasteiger partial charge in [-0.15, -0.1) is 5.10 Å². The Labute approximate surface area is 166 Å². The molecule has 0 bridgehead atoms. The summed E-state index contributed by atoms with van der Waals surface area (Å²) in [6.07, 6.45) is -7.09. The summed E-state index contributed by atoms with van der Waals surface area (Å²) in [6, 6.07) is 3.55. The number of alkyl halides is 6. The van der Waals surface area contributed by atoms with E-state index in [2.05, 4.69) is 27.0 Å². The first-order valence-corrected chi connectivity index (χ1v) is 8.04. The van der Waals surface area contributed by atoms with Crippen molar-refractivity contribution >= 4 is 5.57 Å². The monoisotopic (exact) mass is 429 g/mol. The van der Waals surface area contributed by atoms with Gasteiger partial charge in [-0.05, 0) is 30.7 Å². The molecular weight excluding hydrogens is 416 g/mol. The second kappa shape index (κ2) is 8.81. The van der Waals surface area contributed by atoms with Crippen molar-refractivity contribution in [2.24, 2.45) is 0 Å². The van der Waals surface area contributed by atoms with Crippen molar-refractivity contribution in [3.8, 4) is 6.07 Å². The van der Waals surface area contributed by atoms with Crippen molar-refractivity contribution in [1.82, 2.24) is 20.4 Å². The third kappa shape index (κ3) is 5.94. The van der Waals surface area contributed by atoms with Crippen molar-refractivity contribution in [2.75, 3.05) is 0 Å². The van der Waals surface area contributed by atoms with Crippen LogP contribution in [0.15, 0.2) is 48.4 Å². The van der Waals surface area contributed by atoms with Gasteiger partial charge < -0.3 is 4.74 Å². The van der Waals surface area contributed by atoms with Gasteiger partial charge in [-0.2, -0.15) is 31.6 Å². The van der Waals surface area contributed by atoms with Crippen molar-refractivity contribution in [3.05, 3.63) is 71.0 Å². The predicted octanol–water partition coefficient (Wildman–Crippen LogP) is 4.71. The Morgan fingerprint density at radius 3 is 2.47 bits per heavy atom. The van der Waals surface area contributed by atoms with Gasteiger partial charge in [-0.1, -0.05) is 17.9 Å². The van der Waals surface area contributed by atoms with Crippen LogP contribution in [0.5, 0.6) is 0 Å². The number of aromatic nitrogens is 4. The molecule has 0 unspecified atom stereocenters. The van der Waals surface area contributed by atoms with Gasteiger partial charge in [0.05, 0.1) is 11.3 Å². The lowest BCUT2D eigenvalue weighted by molar-refractivity contribution is -0.141. The number of halogens is 6. The Balaban J connectivity index is 2.17. The van der Waals surface area contributed by atoms with E-state index >= 15 is 0 Å². The Bertz CT molecular complexity index is 1010. The summed E-state index contributed by atoms with van der Waals surface area (Å²) in [6.45, 7) is 4.42. The fourth-order valence-corrected chi connectivity index (χ4v) is 2.13. The van der Waals surface area contributed by atoms with E-state index in [1.807, 2.05) is 0 Å². The van der Waals surface area contributed by atoms with E-state index in [0.29, 0.717) is 12.2 Å². The Morgan fingerprint density at radius 1 is 1.23 bits per heavy atom. The van der Waals surface area contributed by atoms with Crippen molar-refractivity contribution < 1.29 is 31.1 Å². The lowest BCUT2D eigenvalue weighted by Crippen LogP contribution is -2.11. The topological polar surface area (TPSA) is 87.5 Å². The molecule has 2 aromatic rings. The molecule has 2 aromatic heterocycles. The standard InChI is InChI=1S/C18H13F6N5O/c1-10(16-14(7-25)27-29-28-16)5-13(17(19,20)21)6-11(2)30-9-12-3-4-15(26-8-12)18(22,23)24/h3-6,8H,1,9H2,2H3,(H,27,28,29)/b11-6+,13-5+. The van der Waals surface area contributed by atoms with Crippen LogP contribution >= 0.6 is 0 Å². The molecule has 6 nitrogen and oxygen atoms in total. The van der Waals surface area contributed by atoms with Gasteiger partial charge >= 0.3 is 12.4 Å². The van der Waals surface area contributed by atoms with Gasteiger partial charge in [0, 0.05) is 11.8 Å². The summed E-state index contributed by atoms with van der Waals surface area (Å²) < 4.78 is 82.7. The maximum absolute atomic E-state index is 13.3. The molecule has 0 atom stereocenters. The molecule has 2 rings (SSSR count). The van der Waals surface area contributed by atoms with Crippen LogP contribution in [0.3, 0.4) is 0 Å². The molecular formula is C18H13F6N5O. The van der Waals surface area contributed by atoms with Crippen LogP contribution in [0.2, 0.25) is 0 Å². The smallest absolute Gasteiger partial charge is 0.433 e. The maximum atomic E-state index is 13.3. The Hall–Kier alpha value is -3.62. The van der Waals surface area contributed by atoms with E-state index in [4.69, 9.17) is 10.00 Å². The first kappa shape index (κ1) is 22.7. The van der Waals surface area contributed by atoms with Gasteiger partial charge in [0.2, 0.25) is 0 Å². The molecule has 1 N–H and O–H groups in total. The average Bonchev–Trinajstić information content (AvgIpc) is 3.13. The minimum absolute atomic E-state index is 0.137. The molecule has 0 amide bonds. The highest BCUT2D eigenvalue weighted by Gasteiger charge is 2.33. The number of hydrogen-bond donors (Lipinski definition) is 1. The highest BCUT2D eigenvalue weighted by molar-refractivity contribution is 5.73. The van der Waals surface area contributed by atoms with Crippen LogP contribution in [-0.2, 0) is 17.5 Å². The molecule has 0 saturated heterocycles. The summed E-state index contributed by atoms with van der Waals surface area (Å²) in [5, 5.41) is 18.0. The Morgan fingerprint density at radius 2 is 1.93 bits per heavy atom. The van der Waals surface area contributed by atoms with Gasteiger partial charge in [0.15, 0.2) is 5.69 Å². The van der Waals surface area contributed by atoms with E-state index in [-0.39, 0.29) is 34.9 Å². The second-order valence-electron chi connectivity index (χ2n) is 5.86. The minimum Gasteiger partial charge on any atom is -0.493 e. The van der Waals surface area contributed by atoms with Crippen molar-refractivity contribution in [1.29, 1.82) is 5.26 Å². The number of aromatic amines is 1. The highest BCUT2D eigenvalue weighted by Crippen LogP contribution is 2.31. The summed E-state index contributed by atoms with van der Waals surface area (Å²) in [5.41, 5.74) is -2.49. The molecule has 0 fully saturated rings. The van der Waals surface area contributed by atoms with Crippen LogP contribution < -0.4 is 0 Å². The minimum atomic E-state index is -4.78. The lowest BCUT2D eigenvalue weighted by Gasteiger charge is -2.12. The van der Waals surface area contributed by atoms with Crippen LogP contribution in [-0.4, -0.2) is 26.6 Å². The SMILES string of the molecule is C=C(/C=C(\C=C(/C)OCc1ccc(C(F)(F)F)nc1)C(F)(F)F)c1nn[nH]c1C#N. The molecule has 0 aliphatic carbocycles. The normalized spacial score (nSPS) is 13.1. The van der Waals surface area contributed by atoms with Crippen LogP contribution in [0.4, 0.5) is 26.3 Å². The summed E-state index contributed by atoms with van der Waals surface area (Å²) >= 11 is 0. The maximum Gasteiger partial charge on any atom is 0.433 e. The number of nitrogens with one attached hydrogen (secondary N) is 1. The fraction of sp³-hybridized carbons (Fsp3) is 0.222. The van der Waals surface area contributed by atoms with Crippen LogP contribution in [0.25, 0.3) is 5.57 Å². The molecule has 2 heterocycles.